The average Bonchev–Trinajstić information content (AvgIpc) is 3.46. The van der Waals surface area contributed by atoms with E-state index in [-0.39, 0.29) is 17.5 Å². The summed E-state index contributed by atoms with van der Waals surface area (Å²) in [6.45, 7) is 0.713. The predicted molar refractivity (Wildman–Crippen MR) is 138 cm³/mol. The minimum atomic E-state index is -5.00. The van der Waals surface area contributed by atoms with E-state index >= 15 is 0 Å². The number of likely N-dealkylation sites (N-methyl/N-ethyl adjacent to an activating group) is 1. The summed E-state index contributed by atoms with van der Waals surface area (Å²) in [7, 11) is 0.856. The number of sulfone groups is 1. The second-order valence-corrected chi connectivity index (χ2v) is 12.1. The molecule has 0 spiro atoms. The summed E-state index contributed by atoms with van der Waals surface area (Å²) < 4.78 is 82.9. The van der Waals surface area contributed by atoms with Gasteiger partial charge in [-0.3, -0.25) is 9.25 Å². The molecule has 1 aromatic carbocycles. The van der Waals surface area contributed by atoms with Gasteiger partial charge >= 0.3 is 6.36 Å². The predicted octanol–water partition coefficient (Wildman–Crippen LogP) is 4.52. The van der Waals surface area contributed by atoms with E-state index in [1.54, 1.807) is 24.0 Å². The molecule has 1 aliphatic heterocycles. The fourth-order valence-corrected chi connectivity index (χ4v) is 6.39. The van der Waals surface area contributed by atoms with Crippen molar-refractivity contribution in [1.82, 2.24) is 24.2 Å². The Labute approximate surface area is 222 Å². The Balaban J connectivity index is 1.45. The number of hydrogen-bond donors (Lipinski definition) is 0. The molecule has 8 nitrogen and oxygen atoms in total. The van der Waals surface area contributed by atoms with Gasteiger partial charge in [-0.1, -0.05) is 0 Å². The maximum Gasteiger partial charge on any atom is 0.573 e. The van der Waals surface area contributed by atoms with E-state index in [0.717, 1.165) is 28.8 Å². The minimum Gasteiger partial charge on any atom is -0.403 e. The summed E-state index contributed by atoms with van der Waals surface area (Å²) in [4.78, 5) is 6.94. The molecule has 0 saturated carbocycles. The van der Waals surface area contributed by atoms with E-state index in [0.29, 0.717) is 42.7 Å². The molecule has 0 amide bonds. The van der Waals surface area contributed by atoms with Crippen molar-refractivity contribution in [3.05, 3.63) is 60.3 Å². The van der Waals surface area contributed by atoms with Crippen LogP contribution >= 0.6 is 0 Å². The number of nitrogens with zero attached hydrogens (tertiary/aromatic N) is 5. The van der Waals surface area contributed by atoms with E-state index in [9.17, 15) is 26.0 Å². The third-order valence-corrected chi connectivity index (χ3v) is 8.75. The molecule has 1 saturated heterocycles. The van der Waals surface area contributed by atoms with Crippen LogP contribution in [0.2, 0.25) is 0 Å². The van der Waals surface area contributed by atoms with Crippen LogP contribution in [0, 0.1) is 5.82 Å². The Hall–Kier alpha value is -3.45. The third-order valence-electron chi connectivity index (χ3n) is 7.04. The molecule has 0 N–H and O–H groups in total. The van der Waals surface area contributed by atoms with Crippen molar-refractivity contribution in [1.29, 1.82) is 0 Å². The molecular formula is C26H27F4N5O3S. The van der Waals surface area contributed by atoms with Gasteiger partial charge in [0.25, 0.3) is 0 Å². The Morgan fingerprint density at radius 1 is 1.13 bits per heavy atom. The normalized spacial score (nSPS) is 16.3. The fourth-order valence-electron chi connectivity index (χ4n) is 4.92. The SMILES string of the molecule is CN(CCc1cn(-c2cnn(C)c2)c2nc(-c3ccc(OC(F)(F)F)c(F)c3)ccc12)C1CCS(=O)(=O)CC1. The van der Waals surface area contributed by atoms with Crippen LogP contribution in [0.1, 0.15) is 18.4 Å². The average molecular weight is 566 g/mol. The van der Waals surface area contributed by atoms with Gasteiger partial charge < -0.3 is 9.64 Å². The smallest absolute Gasteiger partial charge is 0.403 e. The summed E-state index contributed by atoms with van der Waals surface area (Å²) in [6.07, 6.45) is 2.41. The van der Waals surface area contributed by atoms with Crippen molar-refractivity contribution in [2.24, 2.45) is 7.05 Å². The van der Waals surface area contributed by atoms with Crippen LogP contribution in [0.15, 0.2) is 48.9 Å². The number of aryl methyl sites for hydroxylation is 1. The monoisotopic (exact) mass is 565 g/mol. The standard InChI is InChI=1S/C26H27F4N5O3S/c1-33(19-8-11-39(36,37)12-9-19)10-7-18-15-35(20-14-31-34(2)16-20)25-21(18)4-5-23(32-25)17-3-6-24(22(27)13-17)38-26(28,29)30/h3-6,13-16,19H,7-12H2,1-2H3. The fraction of sp³-hybridized carbons (Fsp3) is 0.385. The van der Waals surface area contributed by atoms with Gasteiger partial charge in [-0.2, -0.15) is 5.10 Å². The summed E-state index contributed by atoms with van der Waals surface area (Å²) in [5.41, 5.74) is 3.07. The van der Waals surface area contributed by atoms with Crippen molar-refractivity contribution in [2.75, 3.05) is 25.1 Å². The zero-order chi connectivity index (χ0) is 27.9. The van der Waals surface area contributed by atoms with Crippen LogP contribution in [-0.4, -0.2) is 70.2 Å². The lowest BCUT2D eigenvalue weighted by Gasteiger charge is -2.31. The third kappa shape index (κ3) is 6.09. The molecule has 4 aromatic rings. The first-order valence-electron chi connectivity index (χ1n) is 12.3. The van der Waals surface area contributed by atoms with Gasteiger partial charge in [-0.15, -0.1) is 13.2 Å². The van der Waals surface area contributed by atoms with Gasteiger partial charge in [0, 0.05) is 43.0 Å². The van der Waals surface area contributed by atoms with Crippen LogP contribution < -0.4 is 4.74 Å². The molecule has 4 heterocycles. The highest BCUT2D eigenvalue weighted by molar-refractivity contribution is 7.91. The Morgan fingerprint density at radius 3 is 2.51 bits per heavy atom. The zero-order valence-electron chi connectivity index (χ0n) is 21.3. The lowest BCUT2D eigenvalue weighted by molar-refractivity contribution is -0.275. The van der Waals surface area contributed by atoms with Gasteiger partial charge in [-0.25, -0.2) is 17.8 Å². The Morgan fingerprint density at radius 2 is 1.87 bits per heavy atom. The van der Waals surface area contributed by atoms with Gasteiger partial charge in [0.1, 0.15) is 15.5 Å². The van der Waals surface area contributed by atoms with Crippen molar-refractivity contribution in [3.63, 3.8) is 0 Å². The number of alkyl halides is 3. The van der Waals surface area contributed by atoms with Gasteiger partial charge in [-0.05, 0) is 62.2 Å². The molecule has 0 unspecified atom stereocenters. The van der Waals surface area contributed by atoms with Crippen LogP contribution in [0.5, 0.6) is 5.75 Å². The van der Waals surface area contributed by atoms with Gasteiger partial charge in [0.05, 0.1) is 29.1 Å². The highest BCUT2D eigenvalue weighted by atomic mass is 32.2. The van der Waals surface area contributed by atoms with E-state index in [1.807, 2.05) is 30.1 Å². The number of hydrogen-bond acceptors (Lipinski definition) is 6. The van der Waals surface area contributed by atoms with Crippen molar-refractivity contribution < 1.29 is 30.7 Å². The van der Waals surface area contributed by atoms with Crippen LogP contribution in [0.4, 0.5) is 17.6 Å². The number of rotatable bonds is 7. The molecule has 3 aromatic heterocycles. The largest absolute Gasteiger partial charge is 0.573 e. The maximum absolute atomic E-state index is 14.4. The topological polar surface area (TPSA) is 82.2 Å². The number of benzene rings is 1. The van der Waals surface area contributed by atoms with Gasteiger partial charge in [0.15, 0.2) is 11.6 Å². The molecule has 1 fully saturated rings. The van der Waals surface area contributed by atoms with Crippen LogP contribution in [0.25, 0.3) is 28.0 Å². The molecule has 0 atom stereocenters. The molecule has 0 radical (unpaired) electrons. The second kappa shape index (κ2) is 10.3. The molecule has 5 rings (SSSR count). The molecule has 208 valence electrons. The number of pyridine rings is 1. The van der Waals surface area contributed by atoms with Gasteiger partial charge in [0.2, 0.25) is 0 Å². The summed E-state index contributed by atoms with van der Waals surface area (Å²) in [6, 6.07) is 6.99. The summed E-state index contributed by atoms with van der Waals surface area (Å²) in [5, 5.41) is 5.12. The number of ether oxygens (including phenoxy) is 1. The first-order valence-corrected chi connectivity index (χ1v) is 14.2. The van der Waals surface area contributed by atoms with Crippen LogP contribution in [-0.2, 0) is 23.3 Å². The highest BCUT2D eigenvalue weighted by Gasteiger charge is 2.32. The quantitative estimate of drug-likeness (QED) is 0.307. The van der Waals surface area contributed by atoms with Crippen molar-refractivity contribution in [2.45, 2.75) is 31.7 Å². The first-order chi connectivity index (χ1) is 18.4. The van der Waals surface area contributed by atoms with E-state index in [1.165, 1.54) is 6.07 Å². The van der Waals surface area contributed by atoms with Crippen LogP contribution in [0.3, 0.4) is 0 Å². The molecule has 0 aliphatic carbocycles. The van der Waals surface area contributed by atoms with E-state index in [4.69, 9.17) is 4.98 Å². The molecule has 39 heavy (non-hydrogen) atoms. The van der Waals surface area contributed by atoms with Crippen molar-refractivity contribution in [3.8, 4) is 22.7 Å². The number of halogens is 4. The first kappa shape index (κ1) is 27.1. The lowest BCUT2D eigenvalue weighted by Crippen LogP contribution is -2.39. The van der Waals surface area contributed by atoms with E-state index in [2.05, 4.69) is 14.7 Å². The number of fused-ring (bicyclic) bond motifs is 1. The molecule has 1 aliphatic rings. The van der Waals surface area contributed by atoms with E-state index < -0.39 is 27.8 Å². The molecule has 0 bridgehead atoms. The maximum atomic E-state index is 14.4. The molecule has 13 heteroatoms. The Kier molecular flexibility index (Phi) is 7.14. The zero-order valence-corrected chi connectivity index (χ0v) is 22.1. The lowest BCUT2D eigenvalue weighted by atomic mass is 10.1. The number of aromatic nitrogens is 4. The Bertz CT molecular complexity index is 1600. The molecular weight excluding hydrogens is 538 g/mol. The highest BCUT2D eigenvalue weighted by Crippen LogP contribution is 2.31. The second-order valence-electron chi connectivity index (χ2n) is 9.77. The minimum absolute atomic E-state index is 0.198. The summed E-state index contributed by atoms with van der Waals surface area (Å²) in [5.74, 6) is -1.64. The van der Waals surface area contributed by atoms with Crippen molar-refractivity contribution >= 4 is 20.9 Å². The summed E-state index contributed by atoms with van der Waals surface area (Å²) >= 11 is 0.